The van der Waals surface area contributed by atoms with Gasteiger partial charge in [-0.3, -0.25) is 0 Å². The molecule has 3 heteroatoms. The van der Waals surface area contributed by atoms with Gasteiger partial charge in [-0.2, -0.15) is 0 Å². The monoisotopic (exact) mass is 182 g/mol. The maximum absolute atomic E-state index is 5.63. The van der Waals surface area contributed by atoms with E-state index in [2.05, 4.69) is 6.58 Å². The Morgan fingerprint density at radius 1 is 1.56 bits per heavy atom. The Morgan fingerprint density at radius 2 is 2.11 bits per heavy atom. The first-order chi connectivity index (χ1) is 4.18. The fraction of sp³-hybridized carbons (Fsp3) is 0.667. The molecular formula is C6H12Cl2Si. The van der Waals surface area contributed by atoms with E-state index in [-0.39, 0.29) is 4.84 Å². The molecule has 0 nitrogen and oxygen atoms in total. The zero-order valence-electron chi connectivity index (χ0n) is 5.61. The molecule has 0 rings (SSSR count). The number of halogens is 2. The number of hydrogen-bond acceptors (Lipinski definition) is 0. The van der Waals surface area contributed by atoms with E-state index in [0.29, 0.717) is 5.54 Å². The molecule has 0 radical (unpaired) electrons. The first kappa shape index (κ1) is 9.54. The molecule has 0 saturated heterocycles. The lowest BCUT2D eigenvalue weighted by molar-refractivity contribution is 0.793. The molecule has 54 valence electrons. The van der Waals surface area contributed by atoms with Gasteiger partial charge in [0.2, 0.25) is 0 Å². The van der Waals surface area contributed by atoms with Crippen molar-refractivity contribution in [1.29, 1.82) is 0 Å². The average molecular weight is 183 g/mol. The fourth-order valence-corrected chi connectivity index (χ4v) is 1.09. The van der Waals surface area contributed by atoms with Crippen molar-refractivity contribution in [2.24, 2.45) is 0 Å². The topological polar surface area (TPSA) is 0 Å². The van der Waals surface area contributed by atoms with Gasteiger partial charge in [-0.05, 0) is 18.4 Å². The summed E-state index contributed by atoms with van der Waals surface area (Å²) in [6, 6.07) is 0. The Kier molecular flexibility index (Phi) is 5.65. The van der Waals surface area contributed by atoms with Crippen molar-refractivity contribution >= 4 is 33.4 Å². The smallest absolute Gasteiger partial charge is 0.105 e. The van der Waals surface area contributed by atoms with Gasteiger partial charge in [0.15, 0.2) is 0 Å². The van der Waals surface area contributed by atoms with Gasteiger partial charge in [-0.1, -0.05) is 6.08 Å². The lowest BCUT2D eigenvalue weighted by Gasteiger charge is -2.08. The quantitative estimate of drug-likeness (QED) is 0.355. The Bertz CT molecular complexity index is 83.1. The van der Waals surface area contributed by atoms with Crippen molar-refractivity contribution in [2.45, 2.75) is 23.2 Å². The van der Waals surface area contributed by atoms with Crippen LogP contribution in [0.1, 0.15) is 12.8 Å². The minimum atomic E-state index is -0.170. The molecule has 0 saturated carbocycles. The van der Waals surface area contributed by atoms with Gasteiger partial charge >= 0.3 is 0 Å². The molecule has 0 spiro atoms. The van der Waals surface area contributed by atoms with E-state index in [9.17, 15) is 0 Å². The van der Waals surface area contributed by atoms with Gasteiger partial charge in [0, 0.05) is 10.2 Å². The number of hydrogen-bond donors (Lipinski definition) is 0. The SMILES string of the molecule is C=CCCC([SiH3])C(Cl)Cl. The third-order valence-electron chi connectivity index (χ3n) is 1.26. The molecule has 9 heavy (non-hydrogen) atoms. The molecule has 0 N–H and O–H groups in total. The molecule has 0 fully saturated rings. The third-order valence-corrected chi connectivity index (χ3v) is 4.21. The molecule has 1 unspecified atom stereocenters. The van der Waals surface area contributed by atoms with Crippen LogP contribution in [-0.4, -0.2) is 15.1 Å². The standard InChI is InChI=1S/C6H12Cl2Si/c1-2-3-4-5(9)6(7)8/h2,5-6H,1,3-4H2,9H3. The zero-order chi connectivity index (χ0) is 7.28. The van der Waals surface area contributed by atoms with Crippen molar-refractivity contribution in [2.75, 3.05) is 0 Å². The molecule has 0 heterocycles. The normalized spacial score (nSPS) is 14.1. The van der Waals surface area contributed by atoms with Crippen LogP contribution >= 0.6 is 23.2 Å². The van der Waals surface area contributed by atoms with E-state index in [1.807, 2.05) is 6.08 Å². The Labute approximate surface area is 69.7 Å². The first-order valence-corrected chi connectivity index (χ1v) is 5.10. The second-order valence-corrected chi connectivity index (χ2v) is 4.82. The number of rotatable bonds is 4. The molecule has 1 atom stereocenters. The van der Waals surface area contributed by atoms with Crippen molar-refractivity contribution in [1.82, 2.24) is 0 Å². The molecule has 0 aromatic heterocycles. The molecular weight excluding hydrogens is 171 g/mol. The van der Waals surface area contributed by atoms with Crippen LogP contribution < -0.4 is 0 Å². The van der Waals surface area contributed by atoms with E-state index >= 15 is 0 Å². The molecule has 0 aliphatic heterocycles. The minimum absolute atomic E-state index is 0.170. The molecule has 0 aliphatic rings. The summed E-state index contributed by atoms with van der Waals surface area (Å²) in [5, 5.41) is 0. The first-order valence-electron chi connectivity index (χ1n) is 3.07. The summed E-state index contributed by atoms with van der Waals surface area (Å²) in [5.41, 5.74) is 0.520. The highest BCUT2D eigenvalue weighted by Gasteiger charge is 2.08. The van der Waals surface area contributed by atoms with E-state index in [1.54, 1.807) is 0 Å². The van der Waals surface area contributed by atoms with Crippen LogP contribution in [0.3, 0.4) is 0 Å². The van der Waals surface area contributed by atoms with Crippen LogP contribution in [0, 0.1) is 0 Å². The zero-order valence-corrected chi connectivity index (χ0v) is 9.12. The molecule has 0 aromatic rings. The molecule has 0 amide bonds. The average Bonchev–Trinajstić information content (AvgIpc) is 1.82. The Hall–Kier alpha value is 0.537. The summed E-state index contributed by atoms with van der Waals surface area (Å²) in [6.07, 6.45) is 4.03. The minimum Gasteiger partial charge on any atom is -0.105 e. The summed E-state index contributed by atoms with van der Waals surface area (Å²) in [4.78, 5) is -0.170. The molecule has 0 bridgehead atoms. The lowest BCUT2D eigenvalue weighted by Crippen LogP contribution is -2.00. The van der Waals surface area contributed by atoms with E-state index < -0.39 is 0 Å². The third kappa shape index (κ3) is 5.01. The van der Waals surface area contributed by atoms with Gasteiger partial charge in [0.1, 0.15) is 4.84 Å². The summed E-state index contributed by atoms with van der Waals surface area (Å²) >= 11 is 11.3. The maximum Gasteiger partial charge on any atom is 0.107 e. The number of allylic oxidation sites excluding steroid dienone is 1. The van der Waals surface area contributed by atoms with Crippen LogP contribution in [0.5, 0.6) is 0 Å². The second-order valence-electron chi connectivity index (χ2n) is 2.18. The van der Waals surface area contributed by atoms with E-state index in [0.717, 1.165) is 23.1 Å². The molecule has 0 aromatic carbocycles. The second kappa shape index (κ2) is 5.33. The van der Waals surface area contributed by atoms with Crippen molar-refractivity contribution in [3.8, 4) is 0 Å². The van der Waals surface area contributed by atoms with Gasteiger partial charge < -0.3 is 0 Å². The summed E-state index contributed by atoms with van der Waals surface area (Å²) in [5.74, 6) is 0. The van der Waals surface area contributed by atoms with Gasteiger partial charge in [0.25, 0.3) is 0 Å². The summed E-state index contributed by atoms with van der Waals surface area (Å²) in [6.45, 7) is 3.62. The highest BCUT2D eigenvalue weighted by atomic mass is 35.5. The largest absolute Gasteiger partial charge is 0.107 e. The highest BCUT2D eigenvalue weighted by Crippen LogP contribution is 2.22. The van der Waals surface area contributed by atoms with Crippen LogP contribution in [0.15, 0.2) is 12.7 Å². The fourth-order valence-electron chi connectivity index (χ4n) is 0.507. The van der Waals surface area contributed by atoms with Gasteiger partial charge in [-0.15, -0.1) is 29.8 Å². The van der Waals surface area contributed by atoms with Gasteiger partial charge in [-0.25, -0.2) is 0 Å². The van der Waals surface area contributed by atoms with Crippen molar-refractivity contribution < 1.29 is 0 Å². The van der Waals surface area contributed by atoms with Crippen LogP contribution in [0.4, 0.5) is 0 Å². The number of alkyl halides is 2. The highest BCUT2D eigenvalue weighted by molar-refractivity contribution is 6.47. The maximum atomic E-state index is 5.63. The lowest BCUT2D eigenvalue weighted by atomic mass is 10.2. The summed E-state index contributed by atoms with van der Waals surface area (Å²) in [7, 11) is 1.08. The van der Waals surface area contributed by atoms with Crippen LogP contribution in [-0.2, 0) is 0 Å². The predicted octanol–water partition coefficient (Wildman–Crippen LogP) is 1.91. The Morgan fingerprint density at radius 3 is 2.44 bits per heavy atom. The predicted molar refractivity (Wildman–Crippen MR) is 48.6 cm³/mol. The van der Waals surface area contributed by atoms with E-state index in [1.165, 1.54) is 0 Å². The van der Waals surface area contributed by atoms with Crippen molar-refractivity contribution in [3.05, 3.63) is 12.7 Å². The van der Waals surface area contributed by atoms with Crippen molar-refractivity contribution in [3.63, 3.8) is 0 Å². The molecule has 0 aliphatic carbocycles. The van der Waals surface area contributed by atoms with Gasteiger partial charge in [0.05, 0.1) is 0 Å². The van der Waals surface area contributed by atoms with Crippen LogP contribution in [0.2, 0.25) is 5.54 Å². The Balaban J connectivity index is 3.26. The van der Waals surface area contributed by atoms with E-state index in [4.69, 9.17) is 23.2 Å². The summed E-state index contributed by atoms with van der Waals surface area (Å²) < 4.78 is 0. The van der Waals surface area contributed by atoms with Crippen LogP contribution in [0.25, 0.3) is 0 Å².